The van der Waals surface area contributed by atoms with Crippen molar-refractivity contribution in [3.63, 3.8) is 0 Å². The Balaban J connectivity index is 2.14. The molecule has 3 nitrogen and oxygen atoms in total. The molecule has 2 rings (SSSR count). The van der Waals surface area contributed by atoms with Crippen LogP contribution in [0, 0.1) is 6.92 Å². The summed E-state index contributed by atoms with van der Waals surface area (Å²) in [6.07, 6.45) is 0. The molecule has 0 N–H and O–H groups in total. The Morgan fingerprint density at radius 1 is 1.29 bits per heavy atom. The number of aryl methyl sites for hydroxylation is 1. The van der Waals surface area contributed by atoms with Crippen LogP contribution in [0.2, 0.25) is 0 Å². The van der Waals surface area contributed by atoms with Gasteiger partial charge in [0.2, 0.25) is 0 Å². The van der Waals surface area contributed by atoms with E-state index in [0.29, 0.717) is 0 Å². The number of amides is 1. The summed E-state index contributed by atoms with van der Waals surface area (Å²) in [4.78, 5) is 18.9. The van der Waals surface area contributed by atoms with Gasteiger partial charge in [-0.05, 0) is 32.4 Å². The molecule has 0 fully saturated rings. The molecule has 0 aliphatic rings. The lowest BCUT2D eigenvalue weighted by Crippen LogP contribution is -2.31. The van der Waals surface area contributed by atoms with E-state index in [4.69, 9.17) is 0 Å². The van der Waals surface area contributed by atoms with E-state index in [1.807, 2.05) is 49.9 Å². The van der Waals surface area contributed by atoms with Crippen molar-refractivity contribution in [1.29, 1.82) is 0 Å². The third-order valence-corrected chi connectivity index (χ3v) is 5.44. The van der Waals surface area contributed by atoms with Crippen molar-refractivity contribution in [3.8, 4) is 0 Å². The van der Waals surface area contributed by atoms with Gasteiger partial charge in [0.15, 0.2) is 0 Å². The fourth-order valence-electron chi connectivity index (χ4n) is 2.07. The summed E-state index contributed by atoms with van der Waals surface area (Å²) in [7, 11) is 0. The van der Waals surface area contributed by atoms with Crippen LogP contribution in [0.5, 0.6) is 0 Å². The summed E-state index contributed by atoms with van der Waals surface area (Å²) in [5, 5.41) is 2.05. The number of thioether (sulfide) groups is 1. The summed E-state index contributed by atoms with van der Waals surface area (Å²) in [6, 6.07) is 7.87. The molecule has 1 aromatic heterocycles. The first-order valence-electron chi connectivity index (χ1n) is 7.07. The van der Waals surface area contributed by atoms with Gasteiger partial charge in [0.25, 0.3) is 5.91 Å². The number of hydrogen-bond donors (Lipinski definition) is 0. The van der Waals surface area contributed by atoms with Gasteiger partial charge in [-0.2, -0.15) is 0 Å². The van der Waals surface area contributed by atoms with Gasteiger partial charge in [0.1, 0.15) is 4.34 Å². The van der Waals surface area contributed by atoms with Gasteiger partial charge in [-0.1, -0.05) is 30.0 Å². The third-order valence-electron chi connectivity index (χ3n) is 3.25. The fraction of sp³-hybridized carbons (Fsp3) is 0.375. The van der Waals surface area contributed by atoms with Gasteiger partial charge in [0.05, 0.1) is 0 Å². The van der Waals surface area contributed by atoms with Crippen LogP contribution < -0.4 is 0 Å². The first-order chi connectivity index (χ1) is 10.2. The summed E-state index contributed by atoms with van der Waals surface area (Å²) in [6.45, 7) is 7.50. The van der Waals surface area contributed by atoms with Crippen LogP contribution >= 0.6 is 23.1 Å². The quantitative estimate of drug-likeness (QED) is 0.747. The topological polar surface area (TPSA) is 33.2 Å². The lowest BCUT2D eigenvalue weighted by molar-refractivity contribution is 0.0772. The fourth-order valence-corrected chi connectivity index (χ4v) is 3.93. The highest BCUT2D eigenvalue weighted by Crippen LogP contribution is 2.27. The molecule has 1 aromatic carbocycles. The van der Waals surface area contributed by atoms with Crippen LogP contribution in [0.1, 0.15) is 35.5 Å². The molecule has 112 valence electrons. The lowest BCUT2D eigenvalue weighted by Gasteiger charge is -2.20. The molecule has 0 unspecified atom stereocenters. The van der Waals surface area contributed by atoms with Gasteiger partial charge in [-0.15, -0.1) is 11.3 Å². The average Bonchev–Trinajstić information content (AvgIpc) is 2.92. The van der Waals surface area contributed by atoms with Crippen LogP contribution in [0.4, 0.5) is 0 Å². The number of aromatic nitrogens is 1. The normalized spacial score (nSPS) is 10.6. The molecular formula is C16H20N2OS2. The average molecular weight is 320 g/mol. The maximum absolute atomic E-state index is 12.5. The van der Waals surface area contributed by atoms with Gasteiger partial charge in [-0.25, -0.2) is 4.98 Å². The predicted octanol–water partition coefficient (Wildman–Crippen LogP) is 4.23. The summed E-state index contributed by atoms with van der Waals surface area (Å²) >= 11 is 3.34. The van der Waals surface area contributed by atoms with Crippen LogP contribution in [0.3, 0.4) is 0 Å². The van der Waals surface area contributed by atoms with Crippen molar-refractivity contribution in [2.24, 2.45) is 0 Å². The third kappa shape index (κ3) is 4.08. The van der Waals surface area contributed by atoms with Crippen molar-refractivity contribution in [1.82, 2.24) is 9.88 Å². The number of thiazole rings is 1. The number of rotatable bonds is 6. The molecule has 0 atom stereocenters. The molecule has 0 aliphatic carbocycles. The molecule has 0 aliphatic heterocycles. The standard InChI is InChI=1S/C16H20N2OS2/c1-4-18(5-2)15(19)14-9-7-6-8-13(14)11-21-16-17-12(3)10-20-16/h6-10H,4-5,11H2,1-3H3. The predicted molar refractivity (Wildman–Crippen MR) is 90.1 cm³/mol. The van der Waals surface area contributed by atoms with E-state index < -0.39 is 0 Å². The highest BCUT2D eigenvalue weighted by Gasteiger charge is 2.16. The van der Waals surface area contributed by atoms with E-state index in [0.717, 1.165) is 40.0 Å². The largest absolute Gasteiger partial charge is 0.339 e. The van der Waals surface area contributed by atoms with Crippen molar-refractivity contribution in [3.05, 3.63) is 46.5 Å². The number of hydrogen-bond acceptors (Lipinski definition) is 4. The molecule has 0 radical (unpaired) electrons. The Kier molecular flexibility index (Phi) is 5.82. The van der Waals surface area contributed by atoms with Crippen molar-refractivity contribution >= 4 is 29.0 Å². The smallest absolute Gasteiger partial charge is 0.254 e. The maximum Gasteiger partial charge on any atom is 0.254 e. The summed E-state index contributed by atoms with van der Waals surface area (Å²) < 4.78 is 1.05. The number of benzene rings is 1. The van der Waals surface area contributed by atoms with Gasteiger partial charge in [0, 0.05) is 35.5 Å². The monoisotopic (exact) mass is 320 g/mol. The minimum absolute atomic E-state index is 0.117. The molecule has 0 saturated heterocycles. The Labute approximate surface area is 134 Å². The van der Waals surface area contributed by atoms with Crippen molar-refractivity contribution < 1.29 is 4.79 Å². The van der Waals surface area contributed by atoms with E-state index in [2.05, 4.69) is 10.4 Å². The van der Waals surface area contributed by atoms with Crippen LogP contribution in [0.15, 0.2) is 34.0 Å². The van der Waals surface area contributed by atoms with Crippen LogP contribution in [0.25, 0.3) is 0 Å². The minimum atomic E-state index is 0.117. The Hall–Kier alpha value is -1.33. The highest BCUT2D eigenvalue weighted by molar-refractivity contribution is 8.00. The van der Waals surface area contributed by atoms with Gasteiger partial charge >= 0.3 is 0 Å². The second-order valence-corrected chi connectivity index (χ2v) is 6.76. The van der Waals surface area contributed by atoms with Crippen molar-refractivity contribution in [2.45, 2.75) is 30.9 Å². The van der Waals surface area contributed by atoms with Gasteiger partial charge in [-0.3, -0.25) is 4.79 Å². The van der Waals surface area contributed by atoms with E-state index in [1.165, 1.54) is 0 Å². The van der Waals surface area contributed by atoms with Crippen molar-refractivity contribution in [2.75, 3.05) is 13.1 Å². The zero-order valence-corrected chi connectivity index (χ0v) is 14.3. The maximum atomic E-state index is 12.5. The van der Waals surface area contributed by atoms with E-state index in [1.54, 1.807) is 23.1 Å². The Bertz CT molecular complexity index is 606. The second-order valence-electron chi connectivity index (χ2n) is 4.68. The first kappa shape index (κ1) is 16.0. The molecule has 0 saturated carbocycles. The lowest BCUT2D eigenvalue weighted by atomic mass is 10.1. The minimum Gasteiger partial charge on any atom is -0.339 e. The molecule has 2 aromatic rings. The van der Waals surface area contributed by atoms with Crippen LogP contribution in [-0.2, 0) is 5.75 Å². The van der Waals surface area contributed by atoms with Crippen LogP contribution in [-0.4, -0.2) is 28.9 Å². The summed E-state index contributed by atoms with van der Waals surface area (Å²) in [5.74, 6) is 0.891. The molecule has 1 heterocycles. The zero-order valence-electron chi connectivity index (χ0n) is 12.6. The summed E-state index contributed by atoms with van der Waals surface area (Å²) in [5.41, 5.74) is 2.93. The molecule has 0 spiro atoms. The first-order valence-corrected chi connectivity index (χ1v) is 8.94. The Morgan fingerprint density at radius 3 is 2.62 bits per heavy atom. The van der Waals surface area contributed by atoms with E-state index in [9.17, 15) is 4.79 Å². The molecule has 21 heavy (non-hydrogen) atoms. The van der Waals surface area contributed by atoms with E-state index >= 15 is 0 Å². The number of nitrogens with zero attached hydrogens (tertiary/aromatic N) is 2. The van der Waals surface area contributed by atoms with E-state index in [-0.39, 0.29) is 5.91 Å². The molecule has 5 heteroatoms. The highest BCUT2D eigenvalue weighted by atomic mass is 32.2. The SMILES string of the molecule is CCN(CC)C(=O)c1ccccc1CSc1nc(C)cs1. The second kappa shape index (κ2) is 7.61. The molecule has 0 bridgehead atoms. The Morgan fingerprint density at radius 2 is 2.00 bits per heavy atom. The van der Waals surface area contributed by atoms with Gasteiger partial charge < -0.3 is 4.90 Å². The molecule has 1 amide bonds. The molecular weight excluding hydrogens is 300 g/mol. The number of carbonyl (C=O) groups is 1. The number of carbonyl (C=O) groups excluding carboxylic acids is 1. The zero-order chi connectivity index (χ0) is 15.2.